The van der Waals surface area contributed by atoms with Gasteiger partial charge in [0.1, 0.15) is 6.04 Å². The van der Waals surface area contributed by atoms with Crippen LogP contribution in [-0.4, -0.2) is 45.1 Å². The molecule has 112 valence electrons. The van der Waals surface area contributed by atoms with Gasteiger partial charge in [0.25, 0.3) is 0 Å². The SMILES string of the molecule is CC(C)(C)NCCC(=O)NC(Cc1cnc[nH]1)C(=O)O. The van der Waals surface area contributed by atoms with Crippen LogP contribution in [-0.2, 0) is 16.0 Å². The number of hydrogen-bond donors (Lipinski definition) is 4. The van der Waals surface area contributed by atoms with Crippen LogP contribution in [0.2, 0.25) is 0 Å². The highest BCUT2D eigenvalue weighted by Crippen LogP contribution is 2.00. The first-order valence-corrected chi connectivity index (χ1v) is 6.52. The van der Waals surface area contributed by atoms with Gasteiger partial charge in [-0.05, 0) is 20.8 Å². The van der Waals surface area contributed by atoms with Crippen molar-refractivity contribution in [3.05, 3.63) is 18.2 Å². The summed E-state index contributed by atoms with van der Waals surface area (Å²) in [6, 6.07) is -0.947. The number of H-pyrrole nitrogens is 1. The first-order valence-electron chi connectivity index (χ1n) is 6.52. The Morgan fingerprint density at radius 3 is 2.65 bits per heavy atom. The number of rotatable bonds is 7. The summed E-state index contributed by atoms with van der Waals surface area (Å²) in [7, 11) is 0. The predicted octanol–water partition coefficient (Wildman–Crippen LogP) is 0.300. The van der Waals surface area contributed by atoms with E-state index < -0.39 is 12.0 Å². The molecule has 20 heavy (non-hydrogen) atoms. The third-order valence-electron chi connectivity index (χ3n) is 2.62. The normalized spacial score (nSPS) is 12.9. The molecule has 1 aromatic heterocycles. The highest BCUT2D eigenvalue weighted by Gasteiger charge is 2.21. The maximum absolute atomic E-state index is 11.7. The molecule has 1 unspecified atom stereocenters. The molecular formula is C13H22N4O3. The van der Waals surface area contributed by atoms with Gasteiger partial charge >= 0.3 is 5.97 Å². The first-order chi connectivity index (χ1) is 9.28. The van der Waals surface area contributed by atoms with E-state index in [1.165, 1.54) is 6.33 Å². The minimum Gasteiger partial charge on any atom is -0.480 e. The molecule has 0 aromatic carbocycles. The third-order valence-corrected chi connectivity index (χ3v) is 2.62. The molecule has 0 spiro atoms. The second kappa shape index (κ2) is 7.04. The van der Waals surface area contributed by atoms with Crippen molar-refractivity contribution in [1.29, 1.82) is 0 Å². The number of carboxylic acid groups (broad SMARTS) is 1. The maximum atomic E-state index is 11.7. The lowest BCUT2D eigenvalue weighted by molar-refractivity contribution is -0.141. The van der Waals surface area contributed by atoms with Crippen LogP contribution in [0.5, 0.6) is 0 Å². The lowest BCUT2D eigenvalue weighted by Crippen LogP contribution is -2.44. The molecule has 0 aliphatic carbocycles. The van der Waals surface area contributed by atoms with E-state index in [1.54, 1.807) is 6.20 Å². The highest BCUT2D eigenvalue weighted by molar-refractivity contribution is 5.83. The average molecular weight is 282 g/mol. The average Bonchev–Trinajstić information content (AvgIpc) is 2.79. The molecule has 4 N–H and O–H groups in total. The molecule has 7 nitrogen and oxygen atoms in total. The van der Waals surface area contributed by atoms with E-state index in [1.807, 2.05) is 20.8 Å². The molecule has 0 aliphatic heterocycles. The number of carbonyl (C=O) groups excluding carboxylic acids is 1. The van der Waals surface area contributed by atoms with Crippen molar-refractivity contribution < 1.29 is 14.7 Å². The fourth-order valence-corrected chi connectivity index (χ4v) is 1.63. The Morgan fingerprint density at radius 1 is 1.45 bits per heavy atom. The lowest BCUT2D eigenvalue weighted by atomic mass is 10.1. The van der Waals surface area contributed by atoms with Gasteiger partial charge in [0.05, 0.1) is 6.33 Å². The van der Waals surface area contributed by atoms with Gasteiger partial charge in [0, 0.05) is 36.8 Å². The number of carboxylic acids is 1. The van der Waals surface area contributed by atoms with Crippen LogP contribution in [0.3, 0.4) is 0 Å². The number of nitrogens with zero attached hydrogens (tertiary/aromatic N) is 1. The molecule has 1 atom stereocenters. The standard InChI is InChI=1S/C13H22N4O3/c1-13(2,3)16-5-4-11(18)17-10(12(19)20)6-9-7-14-8-15-9/h7-8,10,16H,4-6H2,1-3H3,(H,14,15)(H,17,18)(H,19,20). The van der Waals surface area contributed by atoms with Gasteiger partial charge in [-0.25, -0.2) is 9.78 Å². The van der Waals surface area contributed by atoms with Crippen LogP contribution in [0.25, 0.3) is 0 Å². The van der Waals surface area contributed by atoms with Crippen molar-refractivity contribution in [3.8, 4) is 0 Å². The molecule has 1 aromatic rings. The second-order valence-electron chi connectivity index (χ2n) is 5.67. The number of hydrogen-bond acceptors (Lipinski definition) is 4. The van der Waals surface area contributed by atoms with E-state index in [0.29, 0.717) is 12.2 Å². The number of nitrogens with one attached hydrogen (secondary N) is 3. The summed E-state index contributed by atoms with van der Waals surface area (Å²) in [4.78, 5) is 29.5. The Balaban J connectivity index is 2.41. The van der Waals surface area contributed by atoms with Crippen LogP contribution < -0.4 is 10.6 Å². The monoisotopic (exact) mass is 282 g/mol. The van der Waals surface area contributed by atoms with E-state index in [2.05, 4.69) is 20.6 Å². The third kappa shape index (κ3) is 6.33. The Hall–Kier alpha value is -1.89. The van der Waals surface area contributed by atoms with Crippen LogP contribution >= 0.6 is 0 Å². The van der Waals surface area contributed by atoms with Crippen molar-refractivity contribution in [2.75, 3.05) is 6.54 Å². The Labute approximate surface area is 118 Å². The van der Waals surface area contributed by atoms with E-state index in [-0.39, 0.29) is 24.3 Å². The summed E-state index contributed by atoms with van der Waals surface area (Å²) >= 11 is 0. The highest BCUT2D eigenvalue weighted by atomic mass is 16.4. The van der Waals surface area contributed by atoms with Crippen LogP contribution in [0.1, 0.15) is 32.9 Å². The van der Waals surface area contributed by atoms with E-state index in [9.17, 15) is 9.59 Å². The zero-order valence-corrected chi connectivity index (χ0v) is 12.1. The van der Waals surface area contributed by atoms with Gasteiger partial charge in [-0.2, -0.15) is 0 Å². The number of aromatic nitrogens is 2. The summed E-state index contributed by atoms with van der Waals surface area (Å²) in [5.74, 6) is -1.34. The van der Waals surface area contributed by atoms with Crippen molar-refractivity contribution in [1.82, 2.24) is 20.6 Å². The quantitative estimate of drug-likeness (QED) is 0.575. The van der Waals surface area contributed by atoms with Gasteiger partial charge in [0.15, 0.2) is 0 Å². The van der Waals surface area contributed by atoms with Gasteiger partial charge in [-0.1, -0.05) is 0 Å². The number of aliphatic carboxylic acids is 1. The largest absolute Gasteiger partial charge is 0.480 e. The summed E-state index contributed by atoms with van der Waals surface area (Å²) in [5, 5.41) is 14.8. The number of carbonyl (C=O) groups is 2. The maximum Gasteiger partial charge on any atom is 0.326 e. The van der Waals surface area contributed by atoms with Crippen LogP contribution in [0.15, 0.2) is 12.5 Å². The summed E-state index contributed by atoms with van der Waals surface area (Å²) in [6.45, 7) is 6.52. The number of aromatic amines is 1. The van der Waals surface area contributed by atoms with Gasteiger partial charge in [-0.15, -0.1) is 0 Å². The predicted molar refractivity (Wildman–Crippen MR) is 74.2 cm³/mol. The van der Waals surface area contributed by atoms with Gasteiger partial charge in [0.2, 0.25) is 5.91 Å². The van der Waals surface area contributed by atoms with Gasteiger partial charge in [-0.3, -0.25) is 4.79 Å². The van der Waals surface area contributed by atoms with Crippen molar-refractivity contribution in [3.63, 3.8) is 0 Å². The Bertz CT molecular complexity index is 437. The Kier molecular flexibility index (Phi) is 5.69. The molecule has 0 bridgehead atoms. The summed E-state index contributed by atoms with van der Waals surface area (Å²) in [6.07, 6.45) is 3.45. The minimum atomic E-state index is -1.06. The van der Waals surface area contributed by atoms with E-state index in [4.69, 9.17) is 5.11 Å². The minimum absolute atomic E-state index is 0.0671. The Morgan fingerprint density at radius 2 is 2.15 bits per heavy atom. The van der Waals surface area contributed by atoms with Crippen LogP contribution in [0.4, 0.5) is 0 Å². The number of imidazole rings is 1. The van der Waals surface area contributed by atoms with Crippen molar-refractivity contribution in [2.24, 2.45) is 0 Å². The summed E-state index contributed by atoms with van der Waals surface area (Å²) < 4.78 is 0. The summed E-state index contributed by atoms with van der Waals surface area (Å²) in [5.41, 5.74) is 0.605. The molecule has 1 heterocycles. The molecule has 1 rings (SSSR count). The second-order valence-corrected chi connectivity index (χ2v) is 5.67. The molecule has 0 aliphatic rings. The van der Waals surface area contributed by atoms with E-state index in [0.717, 1.165) is 0 Å². The van der Waals surface area contributed by atoms with Gasteiger partial charge < -0.3 is 20.7 Å². The van der Waals surface area contributed by atoms with Crippen molar-refractivity contribution >= 4 is 11.9 Å². The molecular weight excluding hydrogens is 260 g/mol. The smallest absolute Gasteiger partial charge is 0.326 e. The molecule has 0 saturated heterocycles. The van der Waals surface area contributed by atoms with Crippen LogP contribution in [0, 0.1) is 0 Å². The molecule has 0 radical (unpaired) electrons. The van der Waals surface area contributed by atoms with Crippen molar-refractivity contribution in [2.45, 2.75) is 45.2 Å². The molecule has 0 fully saturated rings. The first kappa shape index (κ1) is 16.2. The molecule has 7 heteroatoms. The topological polar surface area (TPSA) is 107 Å². The lowest BCUT2D eigenvalue weighted by Gasteiger charge is -2.20. The molecule has 1 amide bonds. The molecule has 0 saturated carbocycles. The fraction of sp³-hybridized carbons (Fsp3) is 0.615. The fourth-order valence-electron chi connectivity index (χ4n) is 1.63. The zero-order chi connectivity index (χ0) is 15.2. The van der Waals surface area contributed by atoms with E-state index >= 15 is 0 Å². The number of amides is 1. The zero-order valence-electron chi connectivity index (χ0n) is 12.1.